The summed E-state index contributed by atoms with van der Waals surface area (Å²) in [4.78, 5) is 10.6. The Balaban J connectivity index is 2.41. The zero-order chi connectivity index (χ0) is 8.55. The summed E-state index contributed by atoms with van der Waals surface area (Å²) >= 11 is 0. The Morgan fingerprint density at radius 1 is 1.42 bits per heavy atom. The van der Waals surface area contributed by atoms with Gasteiger partial charge in [0.1, 0.15) is 6.29 Å². The highest BCUT2D eigenvalue weighted by Crippen LogP contribution is 2.27. The summed E-state index contributed by atoms with van der Waals surface area (Å²) in [7, 11) is 0. The number of aryl methyl sites for hydroxylation is 1. The molecule has 0 N–H and O–H groups in total. The van der Waals surface area contributed by atoms with Crippen molar-refractivity contribution in [3.63, 3.8) is 0 Å². The monoisotopic (exact) mass is 160 g/mol. The van der Waals surface area contributed by atoms with Crippen molar-refractivity contribution in [3.8, 4) is 0 Å². The largest absolute Gasteiger partial charge is 0.303 e. The van der Waals surface area contributed by atoms with Crippen LogP contribution in [0.5, 0.6) is 0 Å². The molecule has 0 spiro atoms. The number of aldehydes is 1. The number of benzene rings is 1. The van der Waals surface area contributed by atoms with Gasteiger partial charge in [0.25, 0.3) is 0 Å². The fourth-order valence-electron chi connectivity index (χ4n) is 1.96. The molecule has 2 rings (SSSR count). The number of fused-ring (bicyclic) bond motifs is 1. The average Bonchev–Trinajstić information content (AvgIpc) is 2.49. The van der Waals surface area contributed by atoms with E-state index in [1.165, 1.54) is 16.7 Å². The molecule has 1 aliphatic rings. The van der Waals surface area contributed by atoms with Crippen LogP contribution in [-0.2, 0) is 17.6 Å². The zero-order valence-corrected chi connectivity index (χ0v) is 7.21. The van der Waals surface area contributed by atoms with Crippen LogP contribution in [0.1, 0.15) is 16.7 Å². The first-order valence-corrected chi connectivity index (χ1v) is 4.34. The molecule has 0 saturated carbocycles. The molecule has 0 bridgehead atoms. The van der Waals surface area contributed by atoms with Crippen molar-refractivity contribution in [3.05, 3.63) is 34.9 Å². The molecule has 0 fully saturated rings. The molecule has 0 aliphatic heterocycles. The van der Waals surface area contributed by atoms with Gasteiger partial charge in [0, 0.05) is 5.92 Å². The molecule has 0 amide bonds. The summed E-state index contributed by atoms with van der Waals surface area (Å²) in [5.41, 5.74) is 4.10. The topological polar surface area (TPSA) is 17.1 Å². The Bertz CT molecular complexity index is 315. The molecule has 62 valence electrons. The molecule has 1 aliphatic carbocycles. The second kappa shape index (κ2) is 2.74. The second-order valence-corrected chi connectivity index (χ2v) is 3.52. The maximum absolute atomic E-state index is 10.6. The van der Waals surface area contributed by atoms with Crippen molar-refractivity contribution < 1.29 is 4.79 Å². The highest BCUT2D eigenvalue weighted by atomic mass is 16.1. The van der Waals surface area contributed by atoms with Gasteiger partial charge in [-0.15, -0.1) is 0 Å². The lowest BCUT2D eigenvalue weighted by Gasteiger charge is -2.00. The smallest absolute Gasteiger partial charge is 0.123 e. The first-order chi connectivity index (χ1) is 5.81. The van der Waals surface area contributed by atoms with E-state index in [-0.39, 0.29) is 5.92 Å². The van der Waals surface area contributed by atoms with Gasteiger partial charge in [0.15, 0.2) is 0 Å². The Morgan fingerprint density at radius 2 is 2.25 bits per heavy atom. The van der Waals surface area contributed by atoms with E-state index in [9.17, 15) is 4.79 Å². The van der Waals surface area contributed by atoms with Gasteiger partial charge in [-0.25, -0.2) is 0 Å². The van der Waals surface area contributed by atoms with Gasteiger partial charge >= 0.3 is 0 Å². The van der Waals surface area contributed by atoms with Gasteiger partial charge in [-0.05, 0) is 36.5 Å². The molecule has 0 radical (unpaired) electrons. The highest BCUT2D eigenvalue weighted by molar-refractivity contribution is 5.58. The SMILES string of the molecule is Cc1cccc2c1CC(C=O)C2. The molecule has 1 atom stereocenters. The summed E-state index contributed by atoms with van der Waals surface area (Å²) in [5.74, 6) is 0.237. The summed E-state index contributed by atoms with van der Waals surface area (Å²) in [5, 5.41) is 0. The maximum Gasteiger partial charge on any atom is 0.123 e. The van der Waals surface area contributed by atoms with Crippen LogP contribution in [0.2, 0.25) is 0 Å². The second-order valence-electron chi connectivity index (χ2n) is 3.52. The van der Waals surface area contributed by atoms with E-state index in [2.05, 4.69) is 25.1 Å². The van der Waals surface area contributed by atoms with E-state index in [4.69, 9.17) is 0 Å². The molecule has 0 heterocycles. The van der Waals surface area contributed by atoms with Crippen LogP contribution < -0.4 is 0 Å². The molecule has 1 unspecified atom stereocenters. The molecular weight excluding hydrogens is 148 g/mol. The Labute approximate surface area is 72.4 Å². The van der Waals surface area contributed by atoms with E-state index in [0.29, 0.717) is 0 Å². The minimum atomic E-state index is 0.237. The lowest BCUT2D eigenvalue weighted by Crippen LogP contribution is -1.99. The third kappa shape index (κ3) is 1.06. The number of carbonyl (C=O) groups is 1. The van der Waals surface area contributed by atoms with Crippen molar-refractivity contribution in [2.75, 3.05) is 0 Å². The van der Waals surface area contributed by atoms with E-state index >= 15 is 0 Å². The van der Waals surface area contributed by atoms with Crippen LogP contribution in [0.25, 0.3) is 0 Å². The van der Waals surface area contributed by atoms with Crippen LogP contribution in [0.4, 0.5) is 0 Å². The van der Waals surface area contributed by atoms with Crippen LogP contribution in [0, 0.1) is 12.8 Å². The number of carbonyl (C=O) groups excluding carboxylic acids is 1. The van der Waals surface area contributed by atoms with Gasteiger partial charge in [0.05, 0.1) is 0 Å². The number of hydrogen-bond acceptors (Lipinski definition) is 1. The predicted octanol–water partition coefficient (Wildman–Crippen LogP) is 1.91. The molecule has 12 heavy (non-hydrogen) atoms. The predicted molar refractivity (Wildman–Crippen MR) is 48.1 cm³/mol. The first-order valence-electron chi connectivity index (χ1n) is 4.34. The third-order valence-electron chi connectivity index (χ3n) is 2.65. The van der Waals surface area contributed by atoms with Crippen molar-refractivity contribution in [1.82, 2.24) is 0 Å². The Kier molecular flexibility index (Phi) is 1.72. The van der Waals surface area contributed by atoms with Gasteiger partial charge in [-0.3, -0.25) is 0 Å². The maximum atomic E-state index is 10.6. The lowest BCUT2D eigenvalue weighted by atomic mass is 10.0. The molecule has 1 aromatic carbocycles. The van der Waals surface area contributed by atoms with Crippen LogP contribution in [0.3, 0.4) is 0 Å². The van der Waals surface area contributed by atoms with Crippen LogP contribution in [0.15, 0.2) is 18.2 Å². The van der Waals surface area contributed by atoms with Gasteiger partial charge < -0.3 is 4.79 Å². The Hall–Kier alpha value is -1.11. The zero-order valence-electron chi connectivity index (χ0n) is 7.21. The van der Waals surface area contributed by atoms with Crippen molar-refractivity contribution >= 4 is 6.29 Å². The normalized spacial score (nSPS) is 20.6. The Morgan fingerprint density at radius 3 is 2.92 bits per heavy atom. The molecule has 0 aromatic heterocycles. The van der Waals surface area contributed by atoms with Crippen LogP contribution in [-0.4, -0.2) is 6.29 Å². The van der Waals surface area contributed by atoms with Crippen molar-refractivity contribution in [1.29, 1.82) is 0 Å². The summed E-state index contributed by atoms with van der Waals surface area (Å²) in [6.45, 7) is 2.12. The van der Waals surface area contributed by atoms with Gasteiger partial charge in [-0.2, -0.15) is 0 Å². The minimum Gasteiger partial charge on any atom is -0.303 e. The summed E-state index contributed by atoms with van der Waals surface area (Å²) < 4.78 is 0. The van der Waals surface area contributed by atoms with Gasteiger partial charge in [-0.1, -0.05) is 18.2 Å². The number of hydrogen-bond donors (Lipinski definition) is 0. The van der Waals surface area contributed by atoms with E-state index in [1.54, 1.807) is 0 Å². The summed E-state index contributed by atoms with van der Waals surface area (Å²) in [6.07, 6.45) is 2.98. The fourth-order valence-corrected chi connectivity index (χ4v) is 1.96. The highest BCUT2D eigenvalue weighted by Gasteiger charge is 2.21. The van der Waals surface area contributed by atoms with Gasteiger partial charge in [0.2, 0.25) is 0 Å². The van der Waals surface area contributed by atoms with E-state index < -0.39 is 0 Å². The van der Waals surface area contributed by atoms with Crippen molar-refractivity contribution in [2.45, 2.75) is 19.8 Å². The first kappa shape index (κ1) is 7.53. The summed E-state index contributed by atoms with van der Waals surface area (Å²) in [6, 6.07) is 6.32. The van der Waals surface area contributed by atoms with Crippen LogP contribution >= 0.6 is 0 Å². The minimum absolute atomic E-state index is 0.237. The lowest BCUT2D eigenvalue weighted by molar-refractivity contribution is -0.110. The number of rotatable bonds is 1. The molecule has 1 heteroatoms. The molecule has 1 aromatic rings. The fraction of sp³-hybridized carbons (Fsp3) is 0.364. The molecular formula is C11H12O. The third-order valence-corrected chi connectivity index (χ3v) is 2.65. The molecule has 0 saturated heterocycles. The van der Waals surface area contributed by atoms with E-state index in [0.717, 1.165) is 19.1 Å². The average molecular weight is 160 g/mol. The van der Waals surface area contributed by atoms with Crippen molar-refractivity contribution in [2.24, 2.45) is 5.92 Å². The standard InChI is InChI=1S/C11H12O/c1-8-3-2-4-10-5-9(7-12)6-11(8)10/h2-4,7,9H,5-6H2,1H3. The van der Waals surface area contributed by atoms with E-state index in [1.807, 2.05) is 0 Å². The molecule has 1 nitrogen and oxygen atoms in total. The quantitative estimate of drug-likeness (QED) is 0.573.